The lowest BCUT2D eigenvalue weighted by molar-refractivity contribution is 0.177. The second-order valence-electron chi connectivity index (χ2n) is 8.39. The molecule has 1 aliphatic heterocycles. The van der Waals surface area contributed by atoms with Gasteiger partial charge in [0.15, 0.2) is 11.8 Å². The minimum absolute atomic E-state index is 0. The van der Waals surface area contributed by atoms with E-state index < -0.39 is 0 Å². The minimum atomic E-state index is 0. The molecule has 1 unspecified atom stereocenters. The molecule has 0 aromatic carbocycles. The van der Waals surface area contributed by atoms with Gasteiger partial charge >= 0.3 is 0 Å². The zero-order chi connectivity index (χ0) is 20.6. The summed E-state index contributed by atoms with van der Waals surface area (Å²) in [5.74, 6) is 4.41. The van der Waals surface area contributed by atoms with Gasteiger partial charge in [0.1, 0.15) is 18.2 Å². The number of aliphatic imine (C=N–C) groups is 1. The van der Waals surface area contributed by atoms with Crippen molar-refractivity contribution in [1.82, 2.24) is 25.4 Å². The maximum absolute atomic E-state index is 5.45. The Labute approximate surface area is 201 Å². The molecule has 1 fully saturated rings. The number of aryl methyl sites for hydroxylation is 1. The molecule has 8 nitrogen and oxygen atoms in total. The van der Waals surface area contributed by atoms with E-state index in [1.165, 1.54) is 32.1 Å². The van der Waals surface area contributed by atoms with E-state index in [1.54, 1.807) is 13.4 Å². The summed E-state index contributed by atoms with van der Waals surface area (Å²) in [6.07, 6.45) is 11.2. The Morgan fingerprint density at radius 1 is 1.29 bits per heavy atom. The van der Waals surface area contributed by atoms with Gasteiger partial charge in [-0.25, -0.2) is 9.67 Å². The first kappa shape index (κ1) is 24.0. The van der Waals surface area contributed by atoms with E-state index in [0.29, 0.717) is 12.5 Å². The molecule has 31 heavy (non-hydrogen) atoms. The van der Waals surface area contributed by atoms with E-state index in [4.69, 9.17) is 14.1 Å². The molecule has 1 aliphatic carbocycles. The first-order valence-corrected chi connectivity index (χ1v) is 11.3. The van der Waals surface area contributed by atoms with Gasteiger partial charge in [0.05, 0.1) is 12.8 Å². The van der Waals surface area contributed by atoms with Crippen LogP contribution < -0.4 is 10.6 Å². The highest BCUT2D eigenvalue weighted by atomic mass is 127. The Hall–Kier alpha value is -1.62. The first-order valence-electron chi connectivity index (χ1n) is 11.3. The standard InChI is InChI=1S/C22H34N6O2.HI/c1-29-16-20-26-21-10-9-18(15-28(21)27-20)25-22(23-12-11-19-8-5-13-30-19)24-14-17-6-3-2-4-7-17;/h5,8,13,17-18H,2-4,6-7,9-12,14-16H2,1H3,(H2,23,24,25);1H. The molecule has 0 amide bonds. The summed E-state index contributed by atoms with van der Waals surface area (Å²) >= 11 is 0. The molecule has 2 N–H and O–H groups in total. The van der Waals surface area contributed by atoms with E-state index in [1.807, 2.05) is 16.8 Å². The van der Waals surface area contributed by atoms with Crippen molar-refractivity contribution in [2.45, 2.75) is 70.6 Å². The summed E-state index contributed by atoms with van der Waals surface area (Å²) in [7, 11) is 1.67. The second kappa shape index (κ2) is 12.4. The van der Waals surface area contributed by atoms with Crippen LogP contribution in [-0.4, -0.2) is 47.0 Å². The highest BCUT2D eigenvalue weighted by Gasteiger charge is 2.23. The average molecular weight is 542 g/mol. The number of halogens is 1. The number of hydrogen-bond acceptors (Lipinski definition) is 5. The molecule has 2 aliphatic rings. The van der Waals surface area contributed by atoms with Crippen LogP contribution in [0.15, 0.2) is 27.8 Å². The summed E-state index contributed by atoms with van der Waals surface area (Å²) in [6, 6.07) is 4.23. The maximum Gasteiger partial charge on any atom is 0.191 e. The van der Waals surface area contributed by atoms with Crippen molar-refractivity contribution in [3.63, 3.8) is 0 Å². The third-order valence-corrected chi connectivity index (χ3v) is 5.99. The molecule has 0 spiro atoms. The second-order valence-corrected chi connectivity index (χ2v) is 8.39. The lowest BCUT2D eigenvalue weighted by Gasteiger charge is -2.26. The molecular weight excluding hydrogens is 507 g/mol. The maximum atomic E-state index is 5.45. The van der Waals surface area contributed by atoms with Crippen LogP contribution in [0, 0.1) is 5.92 Å². The van der Waals surface area contributed by atoms with Crippen LogP contribution >= 0.6 is 24.0 Å². The molecule has 0 radical (unpaired) electrons. The molecule has 0 bridgehead atoms. The van der Waals surface area contributed by atoms with E-state index in [2.05, 4.69) is 20.7 Å². The molecule has 4 rings (SSSR count). The molecule has 1 saturated carbocycles. The number of aromatic nitrogens is 3. The van der Waals surface area contributed by atoms with Crippen LogP contribution in [0.3, 0.4) is 0 Å². The Morgan fingerprint density at radius 2 is 2.16 bits per heavy atom. The number of fused-ring (bicyclic) bond motifs is 1. The Balaban J connectivity index is 0.00000272. The van der Waals surface area contributed by atoms with Crippen LogP contribution in [0.1, 0.15) is 55.9 Å². The zero-order valence-electron chi connectivity index (χ0n) is 18.4. The number of rotatable bonds is 8. The van der Waals surface area contributed by atoms with Crippen molar-refractivity contribution >= 4 is 29.9 Å². The monoisotopic (exact) mass is 542 g/mol. The van der Waals surface area contributed by atoms with Crippen LogP contribution in [0.2, 0.25) is 0 Å². The van der Waals surface area contributed by atoms with Crippen LogP contribution in [0.5, 0.6) is 0 Å². The summed E-state index contributed by atoms with van der Waals surface area (Å²) < 4.78 is 12.6. The topological polar surface area (TPSA) is 89.5 Å². The quantitative estimate of drug-likeness (QED) is 0.303. The Morgan fingerprint density at radius 3 is 2.94 bits per heavy atom. The lowest BCUT2D eigenvalue weighted by Crippen LogP contribution is -2.47. The van der Waals surface area contributed by atoms with Gasteiger partial charge in [-0.1, -0.05) is 19.3 Å². The number of nitrogens with zero attached hydrogens (tertiary/aromatic N) is 4. The van der Waals surface area contributed by atoms with Gasteiger partial charge in [-0.3, -0.25) is 4.99 Å². The number of ether oxygens (including phenoxy) is 1. The summed E-state index contributed by atoms with van der Waals surface area (Å²) in [5.41, 5.74) is 0. The van der Waals surface area contributed by atoms with Crippen molar-refractivity contribution in [2.75, 3.05) is 20.2 Å². The van der Waals surface area contributed by atoms with Crippen molar-refractivity contribution < 1.29 is 9.15 Å². The number of furan rings is 1. The molecule has 1 atom stereocenters. The Kier molecular flexibility index (Phi) is 9.63. The van der Waals surface area contributed by atoms with Crippen molar-refractivity contribution in [1.29, 1.82) is 0 Å². The van der Waals surface area contributed by atoms with Crippen molar-refractivity contribution in [2.24, 2.45) is 10.9 Å². The predicted molar refractivity (Wildman–Crippen MR) is 131 cm³/mol. The van der Waals surface area contributed by atoms with Crippen molar-refractivity contribution in [3.05, 3.63) is 35.8 Å². The van der Waals surface area contributed by atoms with E-state index in [9.17, 15) is 0 Å². The normalized spacial score (nSPS) is 19.5. The van der Waals surface area contributed by atoms with Crippen LogP contribution in [0.4, 0.5) is 0 Å². The molecule has 0 saturated heterocycles. The van der Waals surface area contributed by atoms with Crippen LogP contribution in [0.25, 0.3) is 0 Å². The van der Waals surface area contributed by atoms with Gasteiger partial charge in [-0.2, -0.15) is 5.10 Å². The van der Waals surface area contributed by atoms with Gasteiger partial charge in [0.25, 0.3) is 0 Å². The third kappa shape index (κ3) is 7.20. The number of hydrogen-bond donors (Lipinski definition) is 2. The fourth-order valence-electron chi connectivity index (χ4n) is 4.36. The summed E-state index contributed by atoms with van der Waals surface area (Å²) in [5, 5.41) is 11.7. The zero-order valence-corrected chi connectivity index (χ0v) is 20.7. The number of guanidine groups is 1. The fraction of sp³-hybridized carbons (Fsp3) is 0.682. The minimum Gasteiger partial charge on any atom is -0.469 e. The predicted octanol–water partition coefficient (Wildman–Crippen LogP) is 3.31. The van der Waals surface area contributed by atoms with Gasteiger partial charge in [-0.15, -0.1) is 24.0 Å². The average Bonchev–Trinajstić information content (AvgIpc) is 3.42. The molecule has 2 aromatic heterocycles. The smallest absolute Gasteiger partial charge is 0.191 e. The molecule has 2 aromatic rings. The van der Waals surface area contributed by atoms with E-state index in [-0.39, 0.29) is 30.0 Å². The van der Waals surface area contributed by atoms with Gasteiger partial charge in [-0.05, 0) is 37.3 Å². The van der Waals surface area contributed by atoms with Gasteiger partial charge in [0, 0.05) is 39.1 Å². The molecule has 172 valence electrons. The molecule has 9 heteroatoms. The van der Waals surface area contributed by atoms with Crippen LogP contribution in [-0.2, 0) is 30.7 Å². The number of methoxy groups -OCH3 is 1. The highest BCUT2D eigenvalue weighted by Crippen LogP contribution is 2.23. The lowest BCUT2D eigenvalue weighted by atomic mass is 9.89. The van der Waals surface area contributed by atoms with Crippen molar-refractivity contribution in [3.8, 4) is 0 Å². The molecular formula is C22H35IN6O2. The van der Waals surface area contributed by atoms with E-state index >= 15 is 0 Å². The van der Waals surface area contributed by atoms with Gasteiger partial charge < -0.3 is 19.8 Å². The van der Waals surface area contributed by atoms with Gasteiger partial charge in [0.2, 0.25) is 0 Å². The third-order valence-electron chi connectivity index (χ3n) is 5.99. The van der Waals surface area contributed by atoms with E-state index in [0.717, 1.165) is 62.3 Å². The molecule has 3 heterocycles. The summed E-state index contributed by atoms with van der Waals surface area (Å²) in [6.45, 7) is 2.95. The first-order chi connectivity index (χ1) is 14.8. The Bertz CT molecular complexity index is 801. The largest absolute Gasteiger partial charge is 0.469 e. The number of nitrogens with one attached hydrogen (secondary N) is 2. The highest BCUT2D eigenvalue weighted by molar-refractivity contribution is 14.0. The SMILES string of the molecule is COCc1nc2n(n1)CC(NC(=NCC1CCCCC1)NCCc1ccco1)CC2.I. The fourth-order valence-corrected chi connectivity index (χ4v) is 4.36. The summed E-state index contributed by atoms with van der Waals surface area (Å²) in [4.78, 5) is 9.52.